The Bertz CT molecular complexity index is 1050. The van der Waals surface area contributed by atoms with Gasteiger partial charge in [0.05, 0.1) is 5.92 Å². The number of hydrogen-bond donors (Lipinski definition) is 2. The van der Waals surface area contributed by atoms with E-state index in [2.05, 4.69) is 35.8 Å². The maximum absolute atomic E-state index is 12.7. The summed E-state index contributed by atoms with van der Waals surface area (Å²) in [5, 5.41) is 5.04. The van der Waals surface area contributed by atoms with Crippen LogP contribution in [0, 0.1) is 12.8 Å². The molecule has 2 saturated heterocycles. The number of nitrogens with one attached hydrogen (secondary N) is 2. The van der Waals surface area contributed by atoms with E-state index in [4.69, 9.17) is 0 Å². The van der Waals surface area contributed by atoms with Crippen LogP contribution in [-0.4, -0.2) is 66.3 Å². The molecule has 5 amide bonds. The van der Waals surface area contributed by atoms with E-state index >= 15 is 0 Å². The van der Waals surface area contributed by atoms with Crippen molar-refractivity contribution in [3.63, 3.8) is 0 Å². The number of hydrogen-bond acceptors (Lipinski definition) is 4. The standard InChI is InChI=1S/C24H26N4O4/c1-16-3-2-4-19(11-16)18-7-5-17(6-8-18)12-20-13-27(10-9-25-23(20)31)22(30)15-28-14-21(29)26-24(28)32/h2-8,11,20H,9-10,12-15H2,1H3,(H,25,31)(H,26,29,32). The Morgan fingerprint density at radius 3 is 2.53 bits per heavy atom. The van der Waals surface area contributed by atoms with Crippen LogP contribution in [0.15, 0.2) is 48.5 Å². The quantitative estimate of drug-likeness (QED) is 0.694. The number of benzene rings is 2. The van der Waals surface area contributed by atoms with Gasteiger partial charge in [-0.3, -0.25) is 19.7 Å². The molecule has 0 spiro atoms. The summed E-state index contributed by atoms with van der Waals surface area (Å²) in [5.41, 5.74) is 4.46. The Morgan fingerprint density at radius 2 is 1.84 bits per heavy atom. The summed E-state index contributed by atoms with van der Waals surface area (Å²) in [4.78, 5) is 51.2. The fraction of sp³-hybridized carbons (Fsp3) is 0.333. The Kier molecular flexibility index (Phi) is 6.20. The number of aryl methyl sites for hydroxylation is 1. The van der Waals surface area contributed by atoms with Crippen molar-refractivity contribution in [1.82, 2.24) is 20.4 Å². The summed E-state index contributed by atoms with van der Waals surface area (Å²) in [6, 6.07) is 15.9. The maximum atomic E-state index is 12.7. The lowest BCUT2D eigenvalue weighted by Gasteiger charge is -2.25. The van der Waals surface area contributed by atoms with E-state index in [9.17, 15) is 19.2 Å². The average molecular weight is 434 g/mol. The number of carbonyl (C=O) groups is 4. The summed E-state index contributed by atoms with van der Waals surface area (Å²) >= 11 is 0. The smallest absolute Gasteiger partial charge is 0.325 e. The number of carbonyl (C=O) groups excluding carboxylic acids is 4. The van der Waals surface area contributed by atoms with Gasteiger partial charge in [0.25, 0.3) is 0 Å². The summed E-state index contributed by atoms with van der Waals surface area (Å²) in [6.07, 6.45) is 0.506. The molecule has 0 aromatic heterocycles. The van der Waals surface area contributed by atoms with Gasteiger partial charge in [-0.1, -0.05) is 54.1 Å². The molecule has 2 aliphatic rings. The zero-order valence-corrected chi connectivity index (χ0v) is 18.0. The monoisotopic (exact) mass is 434 g/mol. The van der Waals surface area contributed by atoms with Crippen LogP contribution in [0.2, 0.25) is 0 Å². The van der Waals surface area contributed by atoms with Gasteiger partial charge in [-0.05, 0) is 30.0 Å². The first-order chi connectivity index (χ1) is 15.4. The van der Waals surface area contributed by atoms with Gasteiger partial charge >= 0.3 is 6.03 Å². The van der Waals surface area contributed by atoms with Gasteiger partial charge in [-0.25, -0.2) is 4.79 Å². The van der Waals surface area contributed by atoms with Crippen LogP contribution >= 0.6 is 0 Å². The topological polar surface area (TPSA) is 98.8 Å². The minimum atomic E-state index is -0.558. The Morgan fingerprint density at radius 1 is 1.06 bits per heavy atom. The molecule has 4 rings (SSSR count). The minimum Gasteiger partial charge on any atom is -0.354 e. The fourth-order valence-electron chi connectivity index (χ4n) is 4.10. The molecule has 166 valence electrons. The first kappa shape index (κ1) is 21.5. The summed E-state index contributed by atoms with van der Waals surface area (Å²) in [6.45, 7) is 2.77. The highest BCUT2D eigenvalue weighted by Crippen LogP contribution is 2.22. The van der Waals surface area contributed by atoms with Crippen molar-refractivity contribution in [2.75, 3.05) is 32.7 Å². The van der Waals surface area contributed by atoms with Crippen molar-refractivity contribution < 1.29 is 19.2 Å². The molecule has 2 N–H and O–H groups in total. The highest BCUT2D eigenvalue weighted by molar-refractivity contribution is 6.03. The van der Waals surface area contributed by atoms with E-state index in [0.29, 0.717) is 19.5 Å². The third kappa shape index (κ3) is 4.96. The molecule has 0 saturated carbocycles. The minimum absolute atomic E-state index is 0.0860. The third-order valence-electron chi connectivity index (χ3n) is 5.83. The molecule has 0 radical (unpaired) electrons. The predicted octanol–water partition coefficient (Wildman–Crippen LogP) is 1.33. The highest BCUT2D eigenvalue weighted by Gasteiger charge is 2.32. The van der Waals surface area contributed by atoms with Gasteiger partial charge in [0.2, 0.25) is 17.7 Å². The molecule has 2 aromatic carbocycles. The molecule has 32 heavy (non-hydrogen) atoms. The van der Waals surface area contributed by atoms with Gasteiger partial charge in [0.1, 0.15) is 13.1 Å². The van der Waals surface area contributed by atoms with Gasteiger partial charge in [-0.15, -0.1) is 0 Å². The van der Waals surface area contributed by atoms with Gasteiger partial charge in [0, 0.05) is 19.6 Å². The molecule has 1 unspecified atom stereocenters. The van der Waals surface area contributed by atoms with Gasteiger partial charge in [-0.2, -0.15) is 0 Å². The lowest BCUT2D eigenvalue weighted by molar-refractivity contribution is -0.132. The van der Waals surface area contributed by atoms with E-state index in [1.165, 1.54) is 10.5 Å². The summed E-state index contributed by atoms with van der Waals surface area (Å²) < 4.78 is 0. The van der Waals surface area contributed by atoms with Crippen LogP contribution in [0.1, 0.15) is 11.1 Å². The lowest BCUT2D eigenvalue weighted by Crippen LogP contribution is -2.44. The Balaban J connectivity index is 1.41. The second-order valence-corrected chi connectivity index (χ2v) is 8.31. The van der Waals surface area contributed by atoms with Crippen molar-refractivity contribution in [3.8, 4) is 11.1 Å². The van der Waals surface area contributed by atoms with Crippen molar-refractivity contribution in [1.29, 1.82) is 0 Å². The molecule has 1 atom stereocenters. The van der Waals surface area contributed by atoms with E-state index < -0.39 is 11.9 Å². The van der Waals surface area contributed by atoms with Crippen molar-refractivity contribution in [3.05, 3.63) is 59.7 Å². The number of amides is 5. The Labute approximate surface area is 186 Å². The van der Waals surface area contributed by atoms with Crippen LogP contribution in [-0.2, 0) is 20.8 Å². The lowest BCUT2D eigenvalue weighted by atomic mass is 9.95. The van der Waals surface area contributed by atoms with Crippen LogP contribution in [0.4, 0.5) is 4.79 Å². The van der Waals surface area contributed by atoms with Gasteiger partial charge < -0.3 is 15.1 Å². The average Bonchev–Trinajstić information content (AvgIpc) is 2.97. The molecule has 0 aliphatic carbocycles. The molecule has 2 fully saturated rings. The van der Waals surface area contributed by atoms with Crippen molar-refractivity contribution in [2.45, 2.75) is 13.3 Å². The third-order valence-corrected chi connectivity index (χ3v) is 5.83. The zero-order chi connectivity index (χ0) is 22.7. The summed E-state index contributed by atoms with van der Waals surface area (Å²) in [5.74, 6) is -1.16. The molecule has 2 aromatic rings. The molecule has 0 bridgehead atoms. The van der Waals surface area contributed by atoms with Crippen LogP contribution in [0.3, 0.4) is 0 Å². The zero-order valence-electron chi connectivity index (χ0n) is 18.0. The molecule has 8 heteroatoms. The SMILES string of the molecule is Cc1cccc(-c2ccc(CC3CN(C(=O)CN4CC(=O)NC4=O)CCNC3=O)cc2)c1. The number of rotatable bonds is 5. The largest absolute Gasteiger partial charge is 0.354 e. The molecular formula is C24H26N4O4. The highest BCUT2D eigenvalue weighted by atomic mass is 16.2. The predicted molar refractivity (Wildman–Crippen MR) is 119 cm³/mol. The normalized spacial score (nSPS) is 18.9. The van der Waals surface area contributed by atoms with Gasteiger partial charge in [0.15, 0.2) is 0 Å². The molecule has 2 aliphatic heterocycles. The first-order valence-electron chi connectivity index (χ1n) is 10.7. The maximum Gasteiger partial charge on any atom is 0.325 e. The molecule has 2 heterocycles. The second kappa shape index (κ2) is 9.21. The number of urea groups is 1. The first-order valence-corrected chi connectivity index (χ1v) is 10.7. The van der Waals surface area contributed by atoms with E-state index in [1.807, 2.05) is 30.3 Å². The van der Waals surface area contributed by atoms with E-state index in [1.54, 1.807) is 4.90 Å². The van der Waals surface area contributed by atoms with Crippen LogP contribution in [0.25, 0.3) is 11.1 Å². The molecule has 8 nitrogen and oxygen atoms in total. The number of imide groups is 1. The number of nitrogens with zero attached hydrogens (tertiary/aromatic N) is 2. The Hall–Kier alpha value is -3.68. The van der Waals surface area contributed by atoms with E-state index in [0.717, 1.165) is 16.7 Å². The summed E-state index contributed by atoms with van der Waals surface area (Å²) in [7, 11) is 0. The van der Waals surface area contributed by atoms with Crippen molar-refractivity contribution in [2.24, 2.45) is 5.92 Å². The van der Waals surface area contributed by atoms with Crippen LogP contribution < -0.4 is 10.6 Å². The second-order valence-electron chi connectivity index (χ2n) is 8.31. The van der Waals surface area contributed by atoms with Crippen molar-refractivity contribution >= 4 is 23.8 Å². The fourth-order valence-corrected chi connectivity index (χ4v) is 4.10. The van der Waals surface area contributed by atoms with Crippen LogP contribution in [0.5, 0.6) is 0 Å². The van der Waals surface area contributed by atoms with E-state index in [-0.39, 0.29) is 37.4 Å². The molecular weight excluding hydrogens is 408 g/mol.